The highest BCUT2D eigenvalue weighted by molar-refractivity contribution is 6.02. The summed E-state index contributed by atoms with van der Waals surface area (Å²) in [5, 5.41) is 14.1. The van der Waals surface area contributed by atoms with E-state index in [9.17, 15) is 4.79 Å². The van der Waals surface area contributed by atoms with E-state index in [2.05, 4.69) is 20.9 Å². The minimum atomic E-state index is -0.289. The minimum Gasteiger partial charge on any atom is -0.356 e. The summed E-state index contributed by atoms with van der Waals surface area (Å²) in [5.41, 5.74) is 4.02. The van der Waals surface area contributed by atoms with Gasteiger partial charge in [-0.2, -0.15) is 0 Å². The minimum absolute atomic E-state index is 0.280. The highest BCUT2D eigenvalue weighted by Gasteiger charge is 2.11. The van der Waals surface area contributed by atoms with Crippen molar-refractivity contribution in [3.8, 4) is 0 Å². The third-order valence-corrected chi connectivity index (χ3v) is 4.16. The van der Waals surface area contributed by atoms with Gasteiger partial charge in [0.2, 0.25) is 0 Å². The lowest BCUT2D eigenvalue weighted by atomic mass is 10.2. The molecule has 4 aromatic rings. The quantitative estimate of drug-likeness (QED) is 0.531. The fraction of sp³-hybridized carbons (Fsp3) is 0.0455. The van der Waals surface area contributed by atoms with Gasteiger partial charge in [-0.3, -0.25) is 4.79 Å². The van der Waals surface area contributed by atoms with E-state index in [1.54, 1.807) is 10.9 Å². The SMILES string of the molecule is O=C(Nc1ccc(Nc2ccccc2)cc1)c1cn(Cc2ccccc2)nn1. The number of anilines is 3. The smallest absolute Gasteiger partial charge is 0.277 e. The molecule has 1 aromatic heterocycles. The fourth-order valence-corrected chi connectivity index (χ4v) is 2.77. The number of amides is 1. The topological polar surface area (TPSA) is 71.8 Å². The molecule has 2 N–H and O–H groups in total. The Labute approximate surface area is 162 Å². The molecule has 0 fully saturated rings. The summed E-state index contributed by atoms with van der Waals surface area (Å²) in [6, 6.07) is 27.3. The van der Waals surface area contributed by atoms with E-state index >= 15 is 0 Å². The van der Waals surface area contributed by atoms with Crippen molar-refractivity contribution in [2.75, 3.05) is 10.6 Å². The van der Waals surface area contributed by atoms with Gasteiger partial charge in [-0.25, -0.2) is 4.68 Å². The number of rotatable bonds is 6. The second-order valence-corrected chi connectivity index (χ2v) is 6.31. The van der Waals surface area contributed by atoms with Crippen LogP contribution in [0.3, 0.4) is 0 Å². The second-order valence-electron chi connectivity index (χ2n) is 6.31. The molecule has 0 aliphatic carbocycles. The first-order chi connectivity index (χ1) is 13.8. The monoisotopic (exact) mass is 369 g/mol. The third kappa shape index (κ3) is 4.42. The van der Waals surface area contributed by atoms with Gasteiger partial charge in [0.05, 0.1) is 12.7 Å². The summed E-state index contributed by atoms with van der Waals surface area (Å²) >= 11 is 0. The van der Waals surface area contributed by atoms with Crippen LogP contribution in [-0.4, -0.2) is 20.9 Å². The van der Waals surface area contributed by atoms with E-state index < -0.39 is 0 Å². The van der Waals surface area contributed by atoms with Crippen LogP contribution in [0.5, 0.6) is 0 Å². The lowest BCUT2D eigenvalue weighted by Crippen LogP contribution is -2.12. The molecule has 6 nitrogen and oxygen atoms in total. The Bertz CT molecular complexity index is 1040. The summed E-state index contributed by atoms with van der Waals surface area (Å²) in [6.45, 7) is 0.570. The molecule has 0 atom stereocenters. The van der Waals surface area contributed by atoms with Gasteiger partial charge in [0.25, 0.3) is 5.91 Å². The predicted molar refractivity (Wildman–Crippen MR) is 110 cm³/mol. The zero-order valence-corrected chi connectivity index (χ0v) is 15.1. The van der Waals surface area contributed by atoms with E-state index in [1.165, 1.54) is 0 Å². The van der Waals surface area contributed by atoms with E-state index in [4.69, 9.17) is 0 Å². The van der Waals surface area contributed by atoms with Crippen LogP contribution in [0.15, 0.2) is 91.1 Å². The van der Waals surface area contributed by atoms with Crippen molar-refractivity contribution in [1.29, 1.82) is 0 Å². The first-order valence-corrected chi connectivity index (χ1v) is 8.94. The molecule has 1 amide bonds. The first-order valence-electron chi connectivity index (χ1n) is 8.94. The van der Waals surface area contributed by atoms with Crippen LogP contribution in [0.4, 0.5) is 17.1 Å². The maximum atomic E-state index is 12.4. The number of nitrogens with zero attached hydrogens (tertiary/aromatic N) is 3. The van der Waals surface area contributed by atoms with E-state index in [-0.39, 0.29) is 11.6 Å². The lowest BCUT2D eigenvalue weighted by molar-refractivity contribution is 0.102. The Hall–Kier alpha value is -3.93. The molecule has 0 saturated carbocycles. The molecule has 3 aromatic carbocycles. The van der Waals surface area contributed by atoms with Crippen molar-refractivity contribution in [2.24, 2.45) is 0 Å². The average molecular weight is 369 g/mol. The molecule has 0 unspecified atom stereocenters. The molecule has 0 radical (unpaired) electrons. The van der Waals surface area contributed by atoms with E-state index in [0.29, 0.717) is 12.2 Å². The average Bonchev–Trinajstić information content (AvgIpc) is 3.20. The molecule has 0 aliphatic heterocycles. The van der Waals surface area contributed by atoms with Gasteiger partial charge in [-0.05, 0) is 42.0 Å². The Morgan fingerprint density at radius 3 is 2.11 bits per heavy atom. The normalized spacial score (nSPS) is 10.4. The number of hydrogen-bond donors (Lipinski definition) is 2. The number of carbonyl (C=O) groups is 1. The van der Waals surface area contributed by atoms with Gasteiger partial charge in [0, 0.05) is 17.1 Å². The van der Waals surface area contributed by atoms with Gasteiger partial charge in [-0.15, -0.1) is 5.10 Å². The molecule has 1 heterocycles. The molecule has 6 heteroatoms. The molecular weight excluding hydrogens is 350 g/mol. The summed E-state index contributed by atoms with van der Waals surface area (Å²) in [5.74, 6) is -0.289. The van der Waals surface area contributed by atoms with Gasteiger partial charge in [0.15, 0.2) is 5.69 Å². The van der Waals surface area contributed by atoms with Crippen molar-refractivity contribution < 1.29 is 4.79 Å². The van der Waals surface area contributed by atoms with Crippen molar-refractivity contribution >= 4 is 23.0 Å². The first kappa shape index (κ1) is 17.5. The van der Waals surface area contributed by atoms with Crippen LogP contribution >= 0.6 is 0 Å². The largest absolute Gasteiger partial charge is 0.356 e. The maximum Gasteiger partial charge on any atom is 0.277 e. The lowest BCUT2D eigenvalue weighted by Gasteiger charge is -2.08. The van der Waals surface area contributed by atoms with E-state index in [0.717, 1.165) is 16.9 Å². The maximum absolute atomic E-state index is 12.4. The van der Waals surface area contributed by atoms with E-state index in [1.807, 2.05) is 84.9 Å². The zero-order chi connectivity index (χ0) is 19.2. The molecule has 0 aliphatic rings. The number of aromatic nitrogens is 3. The third-order valence-electron chi connectivity index (χ3n) is 4.16. The van der Waals surface area contributed by atoms with Crippen LogP contribution in [-0.2, 0) is 6.54 Å². The summed E-state index contributed by atoms with van der Waals surface area (Å²) in [7, 11) is 0. The number of para-hydroxylation sites is 1. The standard InChI is InChI=1S/C22H19N5O/c28-22(21-16-27(26-25-21)15-17-7-3-1-4-8-17)24-20-13-11-19(12-14-20)23-18-9-5-2-6-10-18/h1-14,16,23H,15H2,(H,24,28). The number of benzene rings is 3. The van der Waals surface area contributed by atoms with Gasteiger partial charge >= 0.3 is 0 Å². The molecule has 4 rings (SSSR count). The van der Waals surface area contributed by atoms with Crippen molar-refractivity contribution in [2.45, 2.75) is 6.54 Å². The summed E-state index contributed by atoms with van der Waals surface area (Å²) < 4.78 is 1.65. The van der Waals surface area contributed by atoms with Gasteiger partial charge < -0.3 is 10.6 Å². The molecular formula is C22H19N5O. The highest BCUT2D eigenvalue weighted by atomic mass is 16.2. The van der Waals surface area contributed by atoms with Crippen LogP contribution in [0.1, 0.15) is 16.1 Å². The van der Waals surface area contributed by atoms with Crippen molar-refractivity contribution in [1.82, 2.24) is 15.0 Å². The van der Waals surface area contributed by atoms with Crippen LogP contribution in [0.25, 0.3) is 0 Å². The summed E-state index contributed by atoms with van der Waals surface area (Å²) in [6.07, 6.45) is 1.65. The Morgan fingerprint density at radius 2 is 1.39 bits per heavy atom. The van der Waals surface area contributed by atoms with Gasteiger partial charge in [0.1, 0.15) is 0 Å². The highest BCUT2D eigenvalue weighted by Crippen LogP contribution is 2.19. The Kier molecular flexibility index (Phi) is 5.11. The zero-order valence-electron chi connectivity index (χ0n) is 15.1. The van der Waals surface area contributed by atoms with Crippen molar-refractivity contribution in [3.05, 3.63) is 102 Å². The number of nitrogens with one attached hydrogen (secondary N) is 2. The van der Waals surface area contributed by atoms with Crippen molar-refractivity contribution in [3.63, 3.8) is 0 Å². The van der Waals surface area contributed by atoms with Crippen LogP contribution < -0.4 is 10.6 Å². The second kappa shape index (κ2) is 8.18. The summed E-state index contributed by atoms with van der Waals surface area (Å²) in [4.78, 5) is 12.4. The van der Waals surface area contributed by atoms with Crippen LogP contribution in [0.2, 0.25) is 0 Å². The molecule has 28 heavy (non-hydrogen) atoms. The molecule has 0 spiro atoms. The predicted octanol–water partition coefficient (Wildman–Crippen LogP) is 4.32. The molecule has 138 valence electrons. The van der Waals surface area contributed by atoms with Gasteiger partial charge in [-0.1, -0.05) is 53.7 Å². The number of hydrogen-bond acceptors (Lipinski definition) is 4. The fourth-order valence-electron chi connectivity index (χ4n) is 2.77. The Morgan fingerprint density at radius 1 is 0.786 bits per heavy atom. The molecule has 0 bridgehead atoms. The van der Waals surface area contributed by atoms with Crippen LogP contribution in [0, 0.1) is 0 Å². The number of carbonyl (C=O) groups excluding carboxylic acids is 1. The molecule has 0 saturated heterocycles. The Balaban J connectivity index is 1.37.